The van der Waals surface area contributed by atoms with Gasteiger partial charge in [-0.3, -0.25) is 0 Å². The molecule has 0 fully saturated rings. The number of aliphatic hydroxyl groups is 4. The molecule has 0 rings (SSSR count). The van der Waals surface area contributed by atoms with E-state index in [-0.39, 0.29) is 12.8 Å². The van der Waals surface area contributed by atoms with E-state index in [1.165, 1.54) is 0 Å². The van der Waals surface area contributed by atoms with Crippen LogP contribution in [0.15, 0.2) is 11.1 Å². The fourth-order valence-electron chi connectivity index (χ4n) is 1.63. The molecule has 0 aromatic heterocycles. The summed E-state index contributed by atoms with van der Waals surface area (Å²) in [6.07, 6.45) is -0.624. The molecule has 0 atom stereocenters. The average molecular weight is 292 g/mol. The van der Waals surface area contributed by atoms with E-state index in [0.29, 0.717) is 0 Å². The molecular weight excluding hydrogens is 272 g/mol. The first-order valence-corrected chi connectivity index (χ1v) is 6.03. The number of hydrogen-bond donors (Lipinski definition) is 6. The molecule has 6 N–H and O–H groups in total. The van der Waals surface area contributed by atoms with Crippen LogP contribution in [0.3, 0.4) is 0 Å². The van der Waals surface area contributed by atoms with Gasteiger partial charge in [-0.05, 0) is 12.8 Å². The minimum Gasteiger partial charge on any atom is -0.478 e. The molecule has 0 saturated carbocycles. The summed E-state index contributed by atoms with van der Waals surface area (Å²) in [6.45, 7) is -1.93. The van der Waals surface area contributed by atoms with E-state index in [0.717, 1.165) is 0 Å². The predicted molar refractivity (Wildman–Crippen MR) is 66.9 cm³/mol. The van der Waals surface area contributed by atoms with Crippen molar-refractivity contribution >= 4 is 11.9 Å². The molecule has 116 valence electrons. The molecule has 0 heterocycles. The summed E-state index contributed by atoms with van der Waals surface area (Å²) in [5.74, 6) is -4.50. The van der Waals surface area contributed by atoms with Crippen LogP contribution in [0, 0.1) is 11.8 Å². The lowest BCUT2D eigenvalue weighted by Gasteiger charge is -2.16. The fourth-order valence-corrected chi connectivity index (χ4v) is 1.63. The van der Waals surface area contributed by atoms with Gasteiger partial charge in [0.1, 0.15) is 0 Å². The first kappa shape index (κ1) is 18.5. The maximum absolute atomic E-state index is 11.2. The molecule has 0 aromatic rings. The molecule has 0 unspecified atom stereocenters. The Balaban J connectivity index is 5.44. The van der Waals surface area contributed by atoms with E-state index >= 15 is 0 Å². The summed E-state index contributed by atoms with van der Waals surface area (Å²) in [7, 11) is 0. The number of carbonyl (C=O) groups is 2. The van der Waals surface area contributed by atoms with Crippen LogP contribution >= 0.6 is 0 Å². The summed E-state index contributed by atoms with van der Waals surface area (Å²) >= 11 is 0. The average Bonchev–Trinajstić information content (AvgIpc) is 2.42. The molecule has 0 aromatic carbocycles. The lowest BCUT2D eigenvalue weighted by Crippen LogP contribution is -2.22. The van der Waals surface area contributed by atoms with Gasteiger partial charge in [-0.2, -0.15) is 0 Å². The Labute approximate surface area is 115 Å². The van der Waals surface area contributed by atoms with E-state index in [4.69, 9.17) is 30.6 Å². The van der Waals surface area contributed by atoms with Crippen molar-refractivity contribution in [2.45, 2.75) is 12.8 Å². The van der Waals surface area contributed by atoms with Gasteiger partial charge in [0.15, 0.2) is 0 Å². The van der Waals surface area contributed by atoms with Gasteiger partial charge in [-0.15, -0.1) is 0 Å². The number of rotatable bonds is 10. The van der Waals surface area contributed by atoms with Crippen LogP contribution in [0.1, 0.15) is 12.8 Å². The maximum atomic E-state index is 11.2. The summed E-state index contributed by atoms with van der Waals surface area (Å²) in [6, 6.07) is 0. The van der Waals surface area contributed by atoms with Crippen LogP contribution in [0.5, 0.6) is 0 Å². The minimum absolute atomic E-state index is 0.312. The number of carboxylic acids is 2. The second kappa shape index (κ2) is 9.43. The summed E-state index contributed by atoms with van der Waals surface area (Å²) in [4.78, 5) is 22.3. The van der Waals surface area contributed by atoms with Gasteiger partial charge in [0.05, 0.1) is 0 Å². The Morgan fingerprint density at radius 2 is 0.900 bits per heavy atom. The van der Waals surface area contributed by atoms with Crippen LogP contribution in [-0.2, 0) is 9.59 Å². The van der Waals surface area contributed by atoms with Crippen molar-refractivity contribution in [3.05, 3.63) is 11.1 Å². The van der Waals surface area contributed by atoms with Gasteiger partial charge >= 0.3 is 11.9 Å². The van der Waals surface area contributed by atoms with Crippen molar-refractivity contribution in [2.24, 2.45) is 11.8 Å². The summed E-state index contributed by atoms with van der Waals surface area (Å²) in [5, 5.41) is 54.0. The third kappa shape index (κ3) is 5.66. The molecule has 0 spiro atoms. The van der Waals surface area contributed by atoms with Crippen molar-refractivity contribution < 1.29 is 40.2 Å². The van der Waals surface area contributed by atoms with E-state index in [1.807, 2.05) is 0 Å². The highest BCUT2D eigenvalue weighted by molar-refractivity contribution is 5.98. The fraction of sp³-hybridized carbons (Fsp3) is 0.667. The largest absolute Gasteiger partial charge is 0.478 e. The Bertz CT molecular complexity index is 320. The maximum Gasteiger partial charge on any atom is 0.332 e. The first-order chi connectivity index (χ1) is 9.40. The minimum atomic E-state index is -1.47. The van der Waals surface area contributed by atoms with Crippen molar-refractivity contribution in [3.63, 3.8) is 0 Å². The first-order valence-electron chi connectivity index (χ1n) is 6.03. The smallest absolute Gasteiger partial charge is 0.332 e. The topological polar surface area (TPSA) is 156 Å². The van der Waals surface area contributed by atoms with E-state index < -0.39 is 61.3 Å². The number of aliphatic carboxylic acids is 2. The van der Waals surface area contributed by atoms with Gasteiger partial charge in [-0.25, -0.2) is 9.59 Å². The zero-order chi connectivity index (χ0) is 15.7. The summed E-state index contributed by atoms with van der Waals surface area (Å²) < 4.78 is 0. The monoisotopic (exact) mass is 292 g/mol. The molecule has 0 aliphatic heterocycles. The normalized spacial score (nSPS) is 12.7. The molecule has 0 radical (unpaired) electrons. The van der Waals surface area contributed by atoms with Gasteiger partial charge in [-0.1, -0.05) is 0 Å². The van der Waals surface area contributed by atoms with Gasteiger partial charge in [0, 0.05) is 49.4 Å². The Kier molecular flexibility index (Phi) is 8.73. The quantitative estimate of drug-likeness (QED) is 0.264. The molecule has 0 bridgehead atoms. The van der Waals surface area contributed by atoms with Crippen molar-refractivity contribution in [1.29, 1.82) is 0 Å². The van der Waals surface area contributed by atoms with Crippen LogP contribution in [0.25, 0.3) is 0 Å². The molecule has 8 heteroatoms. The van der Waals surface area contributed by atoms with Gasteiger partial charge in [0.25, 0.3) is 0 Å². The van der Waals surface area contributed by atoms with E-state index in [1.54, 1.807) is 0 Å². The molecule has 0 aliphatic rings. The third-order valence-corrected chi connectivity index (χ3v) is 2.90. The molecule has 8 nitrogen and oxygen atoms in total. The molecule has 0 saturated heterocycles. The molecular formula is C12H20O8. The van der Waals surface area contributed by atoms with Crippen LogP contribution in [-0.4, -0.2) is 69.0 Å². The lowest BCUT2D eigenvalue weighted by atomic mass is 9.91. The van der Waals surface area contributed by atoms with Crippen molar-refractivity contribution in [2.75, 3.05) is 26.4 Å². The zero-order valence-corrected chi connectivity index (χ0v) is 10.9. The molecule has 0 aliphatic carbocycles. The predicted octanol–water partition coefficient (Wildman–Crippen LogP) is -1.57. The Morgan fingerprint density at radius 3 is 1.05 bits per heavy atom. The van der Waals surface area contributed by atoms with Gasteiger partial charge in [0.2, 0.25) is 0 Å². The van der Waals surface area contributed by atoms with E-state index in [2.05, 4.69) is 0 Å². The summed E-state index contributed by atoms with van der Waals surface area (Å²) in [5.41, 5.74) is -0.894. The number of hydrogen-bond acceptors (Lipinski definition) is 6. The number of carboxylic acid groups (broad SMARTS) is 2. The Hall–Kier alpha value is -1.48. The SMILES string of the molecule is O=C(O)/C(CC(CO)CO)=C(\CC(CO)CO)C(=O)O. The van der Waals surface area contributed by atoms with E-state index in [9.17, 15) is 9.59 Å². The van der Waals surface area contributed by atoms with Crippen LogP contribution in [0.4, 0.5) is 0 Å². The Morgan fingerprint density at radius 1 is 0.650 bits per heavy atom. The highest BCUT2D eigenvalue weighted by Gasteiger charge is 2.25. The van der Waals surface area contributed by atoms with Crippen LogP contribution < -0.4 is 0 Å². The third-order valence-electron chi connectivity index (χ3n) is 2.90. The zero-order valence-electron chi connectivity index (χ0n) is 10.9. The number of aliphatic hydroxyl groups excluding tert-OH is 4. The molecule has 0 amide bonds. The molecule has 20 heavy (non-hydrogen) atoms. The second-order valence-electron chi connectivity index (χ2n) is 4.44. The van der Waals surface area contributed by atoms with Crippen molar-refractivity contribution in [1.82, 2.24) is 0 Å². The van der Waals surface area contributed by atoms with Crippen LogP contribution in [0.2, 0.25) is 0 Å². The standard InChI is InChI=1S/C12H20O8/c13-3-7(4-14)1-9(11(17)18)10(12(19)20)2-8(5-15)6-16/h7-8,13-16H,1-6H2,(H,17,18)(H,19,20)/b10-9+. The van der Waals surface area contributed by atoms with Crippen molar-refractivity contribution in [3.8, 4) is 0 Å². The highest BCUT2D eigenvalue weighted by atomic mass is 16.4. The second-order valence-corrected chi connectivity index (χ2v) is 4.44. The van der Waals surface area contributed by atoms with Gasteiger partial charge < -0.3 is 30.6 Å². The highest BCUT2D eigenvalue weighted by Crippen LogP contribution is 2.22. The lowest BCUT2D eigenvalue weighted by molar-refractivity contribution is -0.136.